The van der Waals surface area contributed by atoms with E-state index in [9.17, 15) is 0 Å². The number of ether oxygens (including phenoxy) is 3. The minimum Gasteiger partial charge on any atom is -0.391 e. The highest BCUT2D eigenvalue weighted by Crippen LogP contribution is 2.48. The van der Waals surface area contributed by atoms with E-state index < -0.39 is 0 Å². The van der Waals surface area contributed by atoms with Gasteiger partial charge in [-0.2, -0.15) is 0 Å². The summed E-state index contributed by atoms with van der Waals surface area (Å²) in [5.41, 5.74) is 1.87. The summed E-state index contributed by atoms with van der Waals surface area (Å²) in [4.78, 5) is 5.55. The molecule has 5 nitrogen and oxygen atoms in total. The van der Waals surface area contributed by atoms with E-state index in [0.29, 0.717) is 6.61 Å². The van der Waals surface area contributed by atoms with Gasteiger partial charge < -0.3 is 19.0 Å². The Labute approximate surface area is 137 Å². The molecule has 1 aromatic carbocycles. The average Bonchev–Trinajstić information content (AvgIpc) is 3.35. The van der Waals surface area contributed by atoms with Crippen LogP contribution in [0.15, 0.2) is 35.5 Å². The van der Waals surface area contributed by atoms with E-state index in [0.717, 1.165) is 30.7 Å². The minimum absolute atomic E-state index is 0.0553. The van der Waals surface area contributed by atoms with Crippen molar-refractivity contribution in [2.45, 2.75) is 44.2 Å². The van der Waals surface area contributed by atoms with Crippen molar-refractivity contribution in [3.63, 3.8) is 0 Å². The number of hydrogen-bond acceptors (Lipinski definition) is 5. The highest BCUT2D eigenvalue weighted by molar-refractivity contribution is 5.86. The Morgan fingerprint density at radius 1 is 1.26 bits per heavy atom. The SMILES string of the molecule is COC1CC[C@]2(CO2)C(/C(C)=N/OCc2ccccc2)C1OC. The van der Waals surface area contributed by atoms with Gasteiger partial charge in [-0.3, -0.25) is 0 Å². The quantitative estimate of drug-likeness (QED) is 0.460. The van der Waals surface area contributed by atoms with Crippen LogP contribution in [-0.4, -0.2) is 44.3 Å². The van der Waals surface area contributed by atoms with Crippen LogP contribution in [0.3, 0.4) is 0 Å². The van der Waals surface area contributed by atoms with Crippen LogP contribution in [0.25, 0.3) is 0 Å². The van der Waals surface area contributed by atoms with Gasteiger partial charge >= 0.3 is 0 Å². The van der Waals surface area contributed by atoms with Crippen molar-refractivity contribution in [3.8, 4) is 0 Å². The Kier molecular flexibility index (Phi) is 4.99. The molecule has 0 bridgehead atoms. The Morgan fingerprint density at radius 3 is 2.61 bits per heavy atom. The van der Waals surface area contributed by atoms with Crippen molar-refractivity contribution in [1.29, 1.82) is 0 Å². The van der Waals surface area contributed by atoms with Crippen LogP contribution in [-0.2, 0) is 25.7 Å². The molecule has 1 saturated carbocycles. The zero-order chi connectivity index (χ0) is 16.3. The Morgan fingerprint density at radius 2 is 2.00 bits per heavy atom. The molecule has 1 saturated heterocycles. The molecule has 2 fully saturated rings. The highest BCUT2D eigenvalue weighted by atomic mass is 16.6. The summed E-state index contributed by atoms with van der Waals surface area (Å²) in [7, 11) is 3.46. The molecule has 1 aliphatic carbocycles. The molecule has 1 heterocycles. The van der Waals surface area contributed by atoms with Gasteiger partial charge in [-0.1, -0.05) is 35.5 Å². The molecular weight excluding hydrogens is 294 g/mol. The lowest BCUT2D eigenvalue weighted by atomic mass is 9.73. The first-order valence-electron chi connectivity index (χ1n) is 8.10. The third-order valence-electron chi connectivity index (χ3n) is 4.94. The van der Waals surface area contributed by atoms with Gasteiger partial charge in [0.1, 0.15) is 12.2 Å². The summed E-state index contributed by atoms with van der Waals surface area (Å²) in [6, 6.07) is 10.0. The molecule has 3 rings (SSSR count). The standard InChI is InChI=1S/C18H25NO4/c1-13(19-23-11-14-7-5-4-6-8-14)16-17(21-3)15(20-2)9-10-18(16)12-22-18/h4-8,15-17H,9-12H2,1-3H3/b19-13+/t15?,16?,17?,18-/m0/s1. The maximum absolute atomic E-state index is 5.79. The smallest absolute Gasteiger partial charge is 0.142 e. The van der Waals surface area contributed by atoms with E-state index in [4.69, 9.17) is 19.0 Å². The Hall–Kier alpha value is -1.43. The molecule has 0 amide bonds. The zero-order valence-electron chi connectivity index (χ0n) is 14.0. The average molecular weight is 319 g/mol. The van der Waals surface area contributed by atoms with E-state index >= 15 is 0 Å². The predicted molar refractivity (Wildman–Crippen MR) is 87.3 cm³/mol. The van der Waals surface area contributed by atoms with Crippen molar-refractivity contribution in [2.75, 3.05) is 20.8 Å². The van der Waals surface area contributed by atoms with E-state index in [1.165, 1.54) is 0 Å². The third kappa shape index (κ3) is 3.42. The van der Waals surface area contributed by atoms with Gasteiger partial charge in [0.2, 0.25) is 0 Å². The van der Waals surface area contributed by atoms with Crippen molar-refractivity contribution in [1.82, 2.24) is 0 Å². The van der Waals surface area contributed by atoms with Crippen molar-refractivity contribution >= 4 is 5.71 Å². The van der Waals surface area contributed by atoms with Gasteiger partial charge in [0, 0.05) is 14.2 Å². The topological polar surface area (TPSA) is 52.6 Å². The van der Waals surface area contributed by atoms with Crippen LogP contribution < -0.4 is 0 Å². The molecule has 0 N–H and O–H groups in total. The largest absolute Gasteiger partial charge is 0.391 e. The third-order valence-corrected chi connectivity index (χ3v) is 4.94. The van der Waals surface area contributed by atoms with Gasteiger partial charge in [0.05, 0.1) is 30.4 Å². The van der Waals surface area contributed by atoms with Gasteiger partial charge in [-0.25, -0.2) is 0 Å². The second-order valence-corrected chi connectivity index (χ2v) is 6.34. The number of epoxide rings is 1. The maximum Gasteiger partial charge on any atom is 0.142 e. The fourth-order valence-electron chi connectivity index (χ4n) is 3.63. The first-order chi connectivity index (χ1) is 11.2. The molecule has 23 heavy (non-hydrogen) atoms. The van der Waals surface area contributed by atoms with Crippen LogP contribution in [0.5, 0.6) is 0 Å². The van der Waals surface area contributed by atoms with Crippen LogP contribution in [0.2, 0.25) is 0 Å². The summed E-state index contributed by atoms with van der Waals surface area (Å²) >= 11 is 0. The first kappa shape index (κ1) is 16.4. The first-order valence-corrected chi connectivity index (χ1v) is 8.10. The van der Waals surface area contributed by atoms with Crippen LogP contribution in [0.1, 0.15) is 25.3 Å². The van der Waals surface area contributed by atoms with Gasteiger partial charge in [0.25, 0.3) is 0 Å². The van der Waals surface area contributed by atoms with Gasteiger partial charge in [-0.15, -0.1) is 0 Å². The molecule has 3 unspecified atom stereocenters. The molecule has 0 aromatic heterocycles. The number of benzene rings is 1. The van der Waals surface area contributed by atoms with Crippen LogP contribution in [0, 0.1) is 5.92 Å². The second kappa shape index (κ2) is 6.99. The van der Waals surface area contributed by atoms with Crippen molar-refractivity contribution in [3.05, 3.63) is 35.9 Å². The summed E-state index contributed by atoms with van der Waals surface area (Å²) in [5, 5.41) is 4.35. The van der Waals surface area contributed by atoms with Crippen molar-refractivity contribution in [2.24, 2.45) is 11.1 Å². The van der Waals surface area contributed by atoms with Crippen LogP contribution >= 0.6 is 0 Å². The van der Waals surface area contributed by atoms with E-state index in [-0.39, 0.29) is 23.7 Å². The minimum atomic E-state index is -0.139. The Balaban J connectivity index is 1.70. The fraction of sp³-hybridized carbons (Fsp3) is 0.611. The van der Waals surface area contributed by atoms with E-state index in [2.05, 4.69) is 5.16 Å². The molecule has 5 heteroatoms. The predicted octanol–water partition coefficient (Wildman–Crippen LogP) is 2.79. The number of methoxy groups -OCH3 is 2. The van der Waals surface area contributed by atoms with Gasteiger partial charge in [-0.05, 0) is 25.3 Å². The molecule has 1 aliphatic heterocycles. The molecule has 1 spiro atoms. The summed E-state index contributed by atoms with van der Waals surface area (Å²) in [5.74, 6) is 0.0713. The van der Waals surface area contributed by atoms with E-state index in [1.807, 2.05) is 37.3 Å². The number of rotatable bonds is 6. The van der Waals surface area contributed by atoms with Crippen LogP contribution in [0.4, 0.5) is 0 Å². The lowest BCUT2D eigenvalue weighted by Gasteiger charge is -2.40. The van der Waals surface area contributed by atoms with Crippen molar-refractivity contribution < 1.29 is 19.0 Å². The molecule has 4 atom stereocenters. The lowest BCUT2D eigenvalue weighted by Crippen LogP contribution is -2.51. The Bertz CT molecular complexity index is 541. The molecular formula is C18H25NO4. The van der Waals surface area contributed by atoms with Gasteiger partial charge in [0.15, 0.2) is 0 Å². The normalized spacial score (nSPS) is 33.7. The molecule has 1 aromatic rings. The summed E-state index contributed by atoms with van der Waals surface area (Å²) in [6.45, 7) is 3.22. The highest BCUT2D eigenvalue weighted by Gasteiger charge is 2.60. The summed E-state index contributed by atoms with van der Waals surface area (Å²) < 4.78 is 17.1. The fourth-order valence-corrected chi connectivity index (χ4v) is 3.63. The lowest BCUT2D eigenvalue weighted by molar-refractivity contribution is -0.0935. The summed E-state index contributed by atoms with van der Waals surface area (Å²) in [6.07, 6.45) is 1.94. The van der Waals surface area contributed by atoms with E-state index in [1.54, 1.807) is 14.2 Å². The molecule has 2 aliphatic rings. The monoisotopic (exact) mass is 319 g/mol. The number of nitrogens with zero attached hydrogens (tertiary/aromatic N) is 1. The maximum atomic E-state index is 5.79. The molecule has 0 radical (unpaired) electrons. The second-order valence-electron chi connectivity index (χ2n) is 6.34. The number of oxime groups is 1. The number of hydrogen-bond donors (Lipinski definition) is 0. The zero-order valence-corrected chi connectivity index (χ0v) is 14.0. The molecule has 126 valence electrons.